The molecule has 3 aromatic rings. The van der Waals surface area contributed by atoms with Gasteiger partial charge in [-0.2, -0.15) is 5.10 Å². The van der Waals surface area contributed by atoms with E-state index in [1.807, 2.05) is 0 Å². The lowest BCUT2D eigenvalue weighted by Gasteiger charge is -2.20. The first-order valence-electron chi connectivity index (χ1n) is 11.4. The standard InChI is InChI=1S/C27H25BrCl2FN3O4/c1-15(2)24(33-26(35)17-5-8-20(31)9-6-17)27(36)34-32-13-16-10-21(28)25(23(11-16)37-3)38-14-18-4-7-19(29)12-22(18)30/h4-13,15,24H,14H2,1-3H3,(H,33,35)(H,34,36)/b32-13+. The van der Waals surface area contributed by atoms with Gasteiger partial charge in [-0.15, -0.1) is 0 Å². The number of hydrogen-bond donors (Lipinski definition) is 2. The van der Waals surface area contributed by atoms with Crippen LogP contribution in [0.1, 0.15) is 35.3 Å². The van der Waals surface area contributed by atoms with Gasteiger partial charge >= 0.3 is 0 Å². The zero-order valence-electron chi connectivity index (χ0n) is 20.7. The van der Waals surface area contributed by atoms with Gasteiger partial charge in [0.05, 0.1) is 17.8 Å². The first-order valence-corrected chi connectivity index (χ1v) is 13.0. The van der Waals surface area contributed by atoms with E-state index in [4.69, 9.17) is 32.7 Å². The van der Waals surface area contributed by atoms with Gasteiger partial charge in [0.1, 0.15) is 18.5 Å². The van der Waals surface area contributed by atoms with Crippen molar-refractivity contribution >= 4 is 57.2 Å². The maximum absolute atomic E-state index is 13.1. The van der Waals surface area contributed by atoms with Crippen molar-refractivity contribution in [2.45, 2.75) is 26.5 Å². The number of amides is 2. The molecular weight excluding hydrogens is 600 g/mol. The summed E-state index contributed by atoms with van der Waals surface area (Å²) >= 11 is 15.7. The van der Waals surface area contributed by atoms with E-state index >= 15 is 0 Å². The van der Waals surface area contributed by atoms with E-state index in [-0.39, 0.29) is 18.1 Å². The largest absolute Gasteiger partial charge is 0.493 e. The van der Waals surface area contributed by atoms with Gasteiger partial charge in [-0.05, 0) is 75.9 Å². The molecule has 0 aromatic heterocycles. The van der Waals surface area contributed by atoms with Crippen molar-refractivity contribution in [3.63, 3.8) is 0 Å². The third-order valence-corrected chi connectivity index (χ3v) is 6.55. The number of hydrazone groups is 1. The number of halogens is 4. The monoisotopic (exact) mass is 623 g/mol. The molecule has 0 aliphatic carbocycles. The van der Waals surface area contributed by atoms with Crippen molar-refractivity contribution in [2.24, 2.45) is 11.0 Å². The van der Waals surface area contributed by atoms with Gasteiger partial charge in [0.15, 0.2) is 11.5 Å². The maximum Gasteiger partial charge on any atom is 0.262 e. The van der Waals surface area contributed by atoms with Crippen LogP contribution in [0.4, 0.5) is 4.39 Å². The van der Waals surface area contributed by atoms with Gasteiger partial charge in [0, 0.05) is 21.2 Å². The smallest absolute Gasteiger partial charge is 0.262 e. The normalized spacial score (nSPS) is 11.9. The molecule has 0 radical (unpaired) electrons. The molecule has 3 aromatic carbocycles. The number of ether oxygens (including phenoxy) is 2. The number of carbonyl (C=O) groups is 2. The molecule has 0 fully saturated rings. The molecule has 7 nitrogen and oxygen atoms in total. The second-order valence-electron chi connectivity index (χ2n) is 8.49. The van der Waals surface area contributed by atoms with Crippen LogP contribution in [0.3, 0.4) is 0 Å². The molecule has 1 unspecified atom stereocenters. The highest BCUT2D eigenvalue weighted by molar-refractivity contribution is 9.10. The van der Waals surface area contributed by atoms with E-state index in [0.717, 1.165) is 5.56 Å². The summed E-state index contributed by atoms with van der Waals surface area (Å²) in [4.78, 5) is 25.2. The van der Waals surface area contributed by atoms with Crippen molar-refractivity contribution < 1.29 is 23.5 Å². The van der Waals surface area contributed by atoms with E-state index < -0.39 is 23.7 Å². The lowest BCUT2D eigenvalue weighted by Crippen LogP contribution is -2.48. The molecule has 200 valence electrons. The fraction of sp³-hybridized carbons (Fsp3) is 0.222. The van der Waals surface area contributed by atoms with E-state index in [0.29, 0.717) is 31.6 Å². The van der Waals surface area contributed by atoms with Gasteiger partial charge in [0.25, 0.3) is 11.8 Å². The second-order valence-corrected chi connectivity index (χ2v) is 10.2. The lowest BCUT2D eigenvalue weighted by molar-refractivity contribution is -0.123. The van der Waals surface area contributed by atoms with Crippen molar-refractivity contribution in [3.8, 4) is 11.5 Å². The van der Waals surface area contributed by atoms with Crippen molar-refractivity contribution in [2.75, 3.05) is 7.11 Å². The number of methoxy groups -OCH3 is 1. The molecule has 1 atom stereocenters. The fourth-order valence-electron chi connectivity index (χ4n) is 3.34. The number of nitrogens with zero attached hydrogens (tertiary/aromatic N) is 1. The Kier molecular flexibility index (Phi) is 10.5. The molecule has 38 heavy (non-hydrogen) atoms. The molecule has 3 rings (SSSR count). The van der Waals surface area contributed by atoms with Crippen LogP contribution in [0, 0.1) is 11.7 Å². The lowest BCUT2D eigenvalue weighted by atomic mass is 10.0. The van der Waals surface area contributed by atoms with Gasteiger partial charge in [-0.3, -0.25) is 9.59 Å². The Labute approximate surface area is 238 Å². The Balaban J connectivity index is 1.66. The van der Waals surface area contributed by atoms with Crippen molar-refractivity contribution in [3.05, 3.63) is 91.6 Å². The van der Waals surface area contributed by atoms with Crippen LogP contribution in [0.15, 0.2) is 64.2 Å². The van der Waals surface area contributed by atoms with Crippen molar-refractivity contribution in [1.82, 2.24) is 10.7 Å². The topological polar surface area (TPSA) is 89.0 Å². The number of nitrogens with one attached hydrogen (secondary N) is 2. The molecule has 0 spiro atoms. The van der Waals surface area contributed by atoms with E-state index in [9.17, 15) is 14.0 Å². The minimum absolute atomic E-state index is 0.189. The van der Waals surface area contributed by atoms with Crippen LogP contribution >= 0.6 is 39.1 Å². The summed E-state index contributed by atoms with van der Waals surface area (Å²) in [5.74, 6) is -0.784. The number of hydrogen-bond acceptors (Lipinski definition) is 5. The first-order chi connectivity index (χ1) is 18.1. The maximum atomic E-state index is 13.1. The molecule has 0 bridgehead atoms. The van der Waals surface area contributed by atoms with Crippen LogP contribution in [0.25, 0.3) is 0 Å². The molecule has 0 saturated carbocycles. The summed E-state index contributed by atoms with van der Waals surface area (Å²) in [5.41, 5.74) is 4.06. The van der Waals surface area contributed by atoms with Crippen LogP contribution in [-0.4, -0.2) is 31.2 Å². The molecule has 0 aliphatic heterocycles. The minimum atomic E-state index is -0.860. The molecule has 0 aliphatic rings. The fourth-order valence-corrected chi connectivity index (χ4v) is 4.38. The predicted molar refractivity (Wildman–Crippen MR) is 150 cm³/mol. The number of benzene rings is 3. The summed E-state index contributed by atoms with van der Waals surface area (Å²) in [6, 6.07) is 12.8. The highest BCUT2D eigenvalue weighted by atomic mass is 79.9. The minimum Gasteiger partial charge on any atom is -0.493 e. The third kappa shape index (κ3) is 7.93. The summed E-state index contributed by atoms with van der Waals surface area (Å²) < 4.78 is 25.1. The quantitative estimate of drug-likeness (QED) is 0.202. The van der Waals surface area contributed by atoms with Crippen molar-refractivity contribution in [1.29, 1.82) is 0 Å². The molecule has 11 heteroatoms. The van der Waals surface area contributed by atoms with Gasteiger partial charge < -0.3 is 14.8 Å². The second kappa shape index (κ2) is 13.6. The van der Waals surface area contributed by atoms with Crippen LogP contribution in [-0.2, 0) is 11.4 Å². The van der Waals surface area contributed by atoms with E-state index in [1.54, 1.807) is 44.2 Å². The molecule has 2 N–H and O–H groups in total. The predicted octanol–water partition coefficient (Wildman–Crippen LogP) is 6.39. The Morgan fingerprint density at radius 1 is 1.11 bits per heavy atom. The molecule has 0 saturated heterocycles. The molecule has 2 amide bonds. The van der Waals surface area contributed by atoms with E-state index in [1.165, 1.54) is 37.6 Å². The Morgan fingerprint density at radius 2 is 1.82 bits per heavy atom. The van der Waals surface area contributed by atoms with Crippen LogP contribution in [0.5, 0.6) is 11.5 Å². The summed E-state index contributed by atoms with van der Waals surface area (Å²) in [6.45, 7) is 3.77. The highest BCUT2D eigenvalue weighted by Gasteiger charge is 2.24. The highest BCUT2D eigenvalue weighted by Crippen LogP contribution is 2.37. The summed E-state index contributed by atoms with van der Waals surface area (Å²) in [5, 5.41) is 7.70. The molecular formula is C27H25BrCl2FN3O4. The third-order valence-electron chi connectivity index (χ3n) is 5.37. The summed E-state index contributed by atoms with van der Waals surface area (Å²) in [7, 11) is 1.50. The van der Waals surface area contributed by atoms with Gasteiger partial charge in [-0.25, -0.2) is 9.82 Å². The van der Waals surface area contributed by atoms with E-state index in [2.05, 4.69) is 31.8 Å². The average molecular weight is 625 g/mol. The first kappa shape index (κ1) is 29.4. The Morgan fingerprint density at radius 3 is 2.45 bits per heavy atom. The average Bonchev–Trinajstić information content (AvgIpc) is 2.87. The Bertz CT molecular complexity index is 1340. The van der Waals surface area contributed by atoms with Gasteiger partial charge in [0.2, 0.25) is 0 Å². The molecule has 0 heterocycles. The Hall–Kier alpha value is -3.14. The van der Waals surface area contributed by atoms with Crippen LogP contribution in [0.2, 0.25) is 10.0 Å². The van der Waals surface area contributed by atoms with Gasteiger partial charge in [-0.1, -0.05) is 43.1 Å². The SMILES string of the molecule is COc1cc(/C=N/NC(=O)C(NC(=O)c2ccc(F)cc2)C(C)C)cc(Br)c1OCc1ccc(Cl)cc1Cl. The number of carbonyl (C=O) groups excluding carboxylic acids is 2. The summed E-state index contributed by atoms with van der Waals surface area (Å²) in [6.07, 6.45) is 1.43. The zero-order valence-corrected chi connectivity index (χ0v) is 23.8. The zero-order chi connectivity index (χ0) is 27.8. The number of rotatable bonds is 10. The van der Waals surface area contributed by atoms with Crippen LogP contribution < -0.4 is 20.2 Å².